The topological polar surface area (TPSA) is 97.4 Å². The lowest BCUT2D eigenvalue weighted by Gasteiger charge is -2.11. The van der Waals surface area contributed by atoms with Crippen molar-refractivity contribution >= 4 is 15.9 Å². The summed E-state index contributed by atoms with van der Waals surface area (Å²) in [7, 11) is -1.05. The number of aromatic nitrogens is 1. The highest BCUT2D eigenvalue weighted by atomic mass is 32.2. The molecule has 0 bridgehead atoms. The molecule has 0 fully saturated rings. The van der Waals surface area contributed by atoms with Crippen molar-refractivity contribution in [3.63, 3.8) is 0 Å². The molecule has 24 heavy (non-hydrogen) atoms. The molecule has 0 radical (unpaired) electrons. The highest BCUT2D eigenvalue weighted by Crippen LogP contribution is 2.24. The largest absolute Gasteiger partial charge is 0.495 e. The van der Waals surface area contributed by atoms with E-state index in [4.69, 9.17) is 4.74 Å². The van der Waals surface area contributed by atoms with Gasteiger partial charge in [-0.05, 0) is 43.3 Å². The second-order valence-corrected chi connectivity index (χ2v) is 6.80. The Balaban J connectivity index is 2.11. The van der Waals surface area contributed by atoms with Gasteiger partial charge < -0.3 is 10.1 Å². The third kappa shape index (κ3) is 4.30. The van der Waals surface area contributed by atoms with Crippen molar-refractivity contribution in [1.82, 2.24) is 15.0 Å². The van der Waals surface area contributed by atoms with Crippen LogP contribution in [0.2, 0.25) is 0 Å². The first-order valence-corrected chi connectivity index (χ1v) is 8.75. The molecule has 2 N–H and O–H groups in total. The number of ether oxygens (including phenoxy) is 1. The zero-order valence-electron chi connectivity index (χ0n) is 13.4. The smallest absolute Gasteiger partial charge is 0.251 e. The fourth-order valence-corrected chi connectivity index (χ4v) is 3.02. The summed E-state index contributed by atoms with van der Waals surface area (Å²) in [5.41, 5.74) is 1.25. The number of rotatable bonds is 7. The van der Waals surface area contributed by atoms with Crippen molar-refractivity contribution < 1.29 is 17.9 Å². The highest BCUT2D eigenvalue weighted by Gasteiger charge is 2.20. The SMILES string of the molecule is CNS(=O)(=O)c1cc(C(=O)NCCc2cccnc2)ccc1OC. The molecule has 0 aliphatic rings. The van der Waals surface area contributed by atoms with Crippen LogP contribution in [0.5, 0.6) is 5.75 Å². The van der Waals surface area contributed by atoms with E-state index in [2.05, 4.69) is 15.0 Å². The van der Waals surface area contributed by atoms with Crippen molar-refractivity contribution in [2.75, 3.05) is 20.7 Å². The van der Waals surface area contributed by atoms with Gasteiger partial charge in [0.25, 0.3) is 5.91 Å². The number of methoxy groups -OCH3 is 1. The first-order valence-electron chi connectivity index (χ1n) is 7.26. The maximum Gasteiger partial charge on any atom is 0.251 e. The van der Waals surface area contributed by atoms with Gasteiger partial charge in [-0.2, -0.15) is 0 Å². The number of amides is 1. The van der Waals surface area contributed by atoms with Gasteiger partial charge in [-0.3, -0.25) is 9.78 Å². The second-order valence-electron chi connectivity index (χ2n) is 4.94. The summed E-state index contributed by atoms with van der Waals surface area (Å²) < 4.78 is 31.3. The molecule has 128 valence electrons. The predicted octanol–water partition coefficient (Wildman–Crippen LogP) is 0.971. The maximum absolute atomic E-state index is 12.2. The lowest BCUT2D eigenvalue weighted by molar-refractivity contribution is 0.0954. The van der Waals surface area contributed by atoms with Crippen LogP contribution in [0, 0.1) is 0 Å². The standard InChI is InChI=1S/C16H19N3O4S/c1-17-24(21,22)15-10-13(5-6-14(15)23-2)16(20)19-9-7-12-4-3-8-18-11-12/h3-6,8,10-11,17H,7,9H2,1-2H3,(H,19,20). The van der Waals surface area contributed by atoms with Crippen LogP contribution in [0.1, 0.15) is 15.9 Å². The minimum Gasteiger partial charge on any atom is -0.495 e. The van der Waals surface area contributed by atoms with Gasteiger partial charge in [0.1, 0.15) is 10.6 Å². The van der Waals surface area contributed by atoms with Crippen molar-refractivity contribution in [2.45, 2.75) is 11.3 Å². The molecule has 1 amide bonds. The van der Waals surface area contributed by atoms with Crippen LogP contribution in [0.15, 0.2) is 47.6 Å². The van der Waals surface area contributed by atoms with E-state index in [1.807, 2.05) is 12.1 Å². The van der Waals surface area contributed by atoms with Gasteiger partial charge in [-0.15, -0.1) is 0 Å². The summed E-state index contributed by atoms with van der Waals surface area (Å²) in [4.78, 5) is 16.2. The van der Waals surface area contributed by atoms with Gasteiger partial charge in [-0.1, -0.05) is 6.07 Å². The summed E-state index contributed by atoms with van der Waals surface area (Å²) >= 11 is 0. The summed E-state index contributed by atoms with van der Waals surface area (Å²) in [6.45, 7) is 0.421. The number of carbonyl (C=O) groups excluding carboxylic acids is 1. The van der Waals surface area contributed by atoms with E-state index in [9.17, 15) is 13.2 Å². The van der Waals surface area contributed by atoms with Crippen LogP contribution in [-0.2, 0) is 16.4 Å². The van der Waals surface area contributed by atoms with Crippen LogP contribution in [0.4, 0.5) is 0 Å². The molecule has 2 aromatic rings. The number of nitrogens with zero attached hydrogens (tertiary/aromatic N) is 1. The Morgan fingerprint density at radius 2 is 2.08 bits per heavy atom. The Hall–Kier alpha value is -2.45. The molecule has 1 aromatic heterocycles. The van der Waals surface area contributed by atoms with Gasteiger partial charge in [-0.25, -0.2) is 13.1 Å². The highest BCUT2D eigenvalue weighted by molar-refractivity contribution is 7.89. The molecule has 7 nitrogen and oxygen atoms in total. The molecule has 1 aromatic carbocycles. The van der Waals surface area contributed by atoms with Crippen LogP contribution in [0.3, 0.4) is 0 Å². The average Bonchev–Trinajstić information content (AvgIpc) is 2.62. The molecule has 0 aliphatic heterocycles. The van der Waals surface area contributed by atoms with Crippen LogP contribution < -0.4 is 14.8 Å². The Bertz CT molecular complexity index is 807. The fraction of sp³-hybridized carbons (Fsp3) is 0.250. The van der Waals surface area contributed by atoms with E-state index in [1.54, 1.807) is 12.4 Å². The molecule has 0 unspecified atom stereocenters. The van der Waals surface area contributed by atoms with Crippen LogP contribution in [0.25, 0.3) is 0 Å². The molecule has 0 aliphatic carbocycles. The monoisotopic (exact) mass is 349 g/mol. The summed E-state index contributed by atoms with van der Waals surface area (Å²) in [6, 6.07) is 8.02. The molecule has 1 heterocycles. The van der Waals surface area contributed by atoms with E-state index in [1.165, 1.54) is 32.4 Å². The van der Waals surface area contributed by atoms with E-state index in [0.29, 0.717) is 13.0 Å². The summed E-state index contributed by atoms with van der Waals surface area (Å²) in [5.74, 6) is -0.176. The molecule has 0 saturated heterocycles. The Morgan fingerprint density at radius 1 is 1.29 bits per heavy atom. The first kappa shape index (κ1) is 17.9. The van der Waals surface area contributed by atoms with Gasteiger partial charge in [0.05, 0.1) is 7.11 Å². The molecule has 0 atom stereocenters. The van der Waals surface area contributed by atoms with E-state index >= 15 is 0 Å². The number of sulfonamides is 1. The second kappa shape index (κ2) is 7.89. The van der Waals surface area contributed by atoms with Crippen molar-refractivity contribution in [2.24, 2.45) is 0 Å². The lowest BCUT2D eigenvalue weighted by atomic mass is 10.2. The summed E-state index contributed by atoms with van der Waals surface area (Å²) in [5, 5.41) is 2.76. The first-order chi connectivity index (χ1) is 11.5. The third-order valence-corrected chi connectivity index (χ3v) is 4.84. The zero-order valence-corrected chi connectivity index (χ0v) is 14.3. The minimum absolute atomic E-state index is 0.0765. The van der Waals surface area contributed by atoms with Crippen molar-refractivity contribution in [3.8, 4) is 5.75 Å². The van der Waals surface area contributed by atoms with Crippen molar-refractivity contribution in [3.05, 3.63) is 53.9 Å². The molecule has 0 saturated carbocycles. The third-order valence-electron chi connectivity index (χ3n) is 3.41. The number of nitrogens with one attached hydrogen (secondary N) is 2. The molecule has 2 rings (SSSR count). The van der Waals surface area contributed by atoms with Gasteiger partial charge in [0, 0.05) is 24.5 Å². The molecular formula is C16H19N3O4S. The van der Waals surface area contributed by atoms with Crippen molar-refractivity contribution in [1.29, 1.82) is 0 Å². The van der Waals surface area contributed by atoms with Gasteiger partial charge >= 0.3 is 0 Å². The van der Waals surface area contributed by atoms with E-state index in [0.717, 1.165) is 5.56 Å². The van der Waals surface area contributed by atoms with Gasteiger partial charge in [0.15, 0.2) is 0 Å². The fourth-order valence-electron chi connectivity index (χ4n) is 2.11. The number of hydrogen-bond donors (Lipinski definition) is 2. The number of hydrogen-bond acceptors (Lipinski definition) is 5. The number of benzene rings is 1. The maximum atomic E-state index is 12.2. The zero-order chi connectivity index (χ0) is 17.6. The van der Waals surface area contributed by atoms with Crippen LogP contribution >= 0.6 is 0 Å². The lowest BCUT2D eigenvalue weighted by Crippen LogP contribution is -2.26. The molecular weight excluding hydrogens is 330 g/mol. The van der Waals surface area contributed by atoms with Crippen LogP contribution in [-0.4, -0.2) is 40.0 Å². The Kier molecular flexibility index (Phi) is 5.88. The molecule has 8 heteroatoms. The summed E-state index contributed by atoms with van der Waals surface area (Å²) in [6.07, 6.45) is 4.05. The Morgan fingerprint density at radius 3 is 2.71 bits per heavy atom. The van der Waals surface area contributed by atoms with E-state index < -0.39 is 10.0 Å². The molecule has 0 spiro atoms. The average molecular weight is 349 g/mol. The quantitative estimate of drug-likeness (QED) is 0.776. The minimum atomic E-state index is -3.72. The van der Waals surface area contributed by atoms with E-state index in [-0.39, 0.29) is 22.1 Å². The number of carbonyl (C=O) groups is 1. The predicted molar refractivity (Wildman–Crippen MR) is 89.5 cm³/mol. The van der Waals surface area contributed by atoms with Gasteiger partial charge in [0.2, 0.25) is 10.0 Å². The normalized spacial score (nSPS) is 11.1. The Labute approximate surface area is 141 Å². The number of pyridine rings is 1.